The maximum Gasteiger partial charge on any atom is 0.226 e. The number of benzene rings is 2. The first kappa shape index (κ1) is 33.8. The summed E-state index contributed by atoms with van der Waals surface area (Å²) in [7, 11) is 0. The molecule has 1 amide bonds. The number of carbonyl (C=O) groups is 1. The van der Waals surface area contributed by atoms with Gasteiger partial charge in [-0.05, 0) is 68.7 Å². The van der Waals surface area contributed by atoms with E-state index in [0.717, 1.165) is 53.8 Å². The molecule has 3 aromatic heterocycles. The van der Waals surface area contributed by atoms with Crippen LogP contribution in [0.1, 0.15) is 93.6 Å². The second kappa shape index (κ2) is 12.3. The van der Waals surface area contributed by atoms with Crippen LogP contribution in [-0.4, -0.2) is 54.5 Å². The summed E-state index contributed by atoms with van der Waals surface area (Å²) in [5.74, 6) is 0.197. The number of fused-ring (bicyclic) bond motifs is 4. The van der Waals surface area contributed by atoms with E-state index in [1.807, 2.05) is 23.9 Å². The molecule has 9 nitrogen and oxygen atoms in total. The largest absolute Gasteiger partial charge is 0.337 e. The molecule has 5 fully saturated rings. The number of hydrogen-bond acceptors (Lipinski definition) is 6. The summed E-state index contributed by atoms with van der Waals surface area (Å²) < 4.78 is 21.6. The number of nitrogens with zero attached hydrogens (tertiary/aromatic N) is 7. The van der Waals surface area contributed by atoms with E-state index in [0.29, 0.717) is 52.4 Å². The molecule has 2 bridgehead atoms. The van der Waals surface area contributed by atoms with E-state index >= 15 is 4.39 Å². The van der Waals surface area contributed by atoms with Crippen LogP contribution in [-0.2, 0) is 16.6 Å². The predicted molar refractivity (Wildman–Crippen MR) is 200 cm³/mol. The van der Waals surface area contributed by atoms with Gasteiger partial charge in [-0.2, -0.15) is 5.26 Å². The van der Waals surface area contributed by atoms with Crippen molar-refractivity contribution in [2.75, 3.05) is 13.1 Å². The highest BCUT2D eigenvalue weighted by atomic mass is 35.5. The lowest BCUT2D eigenvalue weighted by Crippen LogP contribution is -2.41. The fourth-order valence-corrected chi connectivity index (χ4v) is 9.39. The topological polar surface area (TPSA) is 105 Å². The summed E-state index contributed by atoms with van der Waals surface area (Å²) in [6.45, 7) is 9.79. The second-order valence-electron chi connectivity index (χ2n) is 16.3. The smallest absolute Gasteiger partial charge is 0.226 e. The Morgan fingerprint density at radius 1 is 1.15 bits per heavy atom. The van der Waals surface area contributed by atoms with Gasteiger partial charge in [-0.1, -0.05) is 61.3 Å². The molecule has 12 heteroatoms. The lowest BCUT2D eigenvalue weighted by molar-refractivity contribution is -0.133. The summed E-state index contributed by atoms with van der Waals surface area (Å²) in [4.78, 5) is 21.1. The van der Waals surface area contributed by atoms with Gasteiger partial charge in [0.05, 0.1) is 45.5 Å². The number of rotatable bonds is 7. The molecule has 5 unspecified atom stereocenters. The Balaban J connectivity index is 1.27. The minimum absolute atomic E-state index is 0.0324. The van der Waals surface area contributed by atoms with Gasteiger partial charge in [0.1, 0.15) is 5.52 Å². The van der Waals surface area contributed by atoms with Gasteiger partial charge in [0.2, 0.25) is 5.91 Å². The van der Waals surface area contributed by atoms with Crippen LogP contribution in [0.2, 0.25) is 10.0 Å². The second-order valence-corrected chi connectivity index (χ2v) is 17.1. The highest BCUT2D eigenvalue weighted by molar-refractivity contribution is 6.43. The zero-order valence-electron chi connectivity index (χ0n) is 29.8. The molecule has 0 spiro atoms. The van der Waals surface area contributed by atoms with Crippen molar-refractivity contribution in [3.63, 3.8) is 0 Å². The third kappa shape index (κ3) is 5.26. The highest BCUT2D eigenvalue weighted by Gasteiger charge is 2.51. The minimum Gasteiger partial charge on any atom is -0.337 e. The minimum atomic E-state index is -0.476. The van der Waals surface area contributed by atoms with Gasteiger partial charge in [0.25, 0.3) is 0 Å². The van der Waals surface area contributed by atoms with Crippen molar-refractivity contribution in [2.45, 2.75) is 95.8 Å². The summed E-state index contributed by atoms with van der Waals surface area (Å²) in [6.07, 6.45) is 6.20. The Hall–Kier alpha value is -4.04. The molecule has 5 aromatic rings. The van der Waals surface area contributed by atoms with E-state index in [1.54, 1.807) is 18.2 Å². The van der Waals surface area contributed by atoms with Crippen LogP contribution in [0.4, 0.5) is 4.39 Å². The molecule has 10 rings (SSSR count). The van der Waals surface area contributed by atoms with Crippen LogP contribution in [0, 0.1) is 35.9 Å². The average molecular weight is 740 g/mol. The third-order valence-electron chi connectivity index (χ3n) is 11.9. The summed E-state index contributed by atoms with van der Waals surface area (Å²) in [5, 5.41) is 24.7. The van der Waals surface area contributed by atoms with Crippen molar-refractivity contribution < 1.29 is 9.18 Å². The van der Waals surface area contributed by atoms with Crippen LogP contribution in [0.3, 0.4) is 0 Å². The molecular weight excluding hydrogens is 698 g/mol. The van der Waals surface area contributed by atoms with E-state index in [-0.39, 0.29) is 58.4 Å². The SMILES string of the molecule is Cc1nc2c(F)c(-c3cccc(Cl)c3Cl)c(CCC#N)cc2c2c1cc(C1CC(n3cc(C(C)(C)C)nn3)CN1C(=O)C1CC1)n2C1C2CNC1C2. The number of likely N-dealkylation sites (tertiary alicyclic amines) is 1. The fraction of sp³-hybridized carbons (Fsp3) is 0.475. The van der Waals surface area contributed by atoms with Gasteiger partial charge in [0.15, 0.2) is 5.82 Å². The Kier molecular flexibility index (Phi) is 7.96. The molecule has 0 radical (unpaired) electrons. The summed E-state index contributed by atoms with van der Waals surface area (Å²) >= 11 is 13.1. The van der Waals surface area contributed by atoms with Crippen molar-refractivity contribution in [1.82, 2.24) is 34.8 Å². The van der Waals surface area contributed by atoms with Gasteiger partial charge in [-0.15, -0.1) is 5.10 Å². The molecule has 2 aromatic carbocycles. The Bertz CT molecular complexity index is 2320. The molecule has 52 heavy (non-hydrogen) atoms. The van der Waals surface area contributed by atoms with E-state index in [9.17, 15) is 10.1 Å². The standard InChI is InChI=1S/C40H41Cl2FN8O/c1-20-26-16-31(30-15-24(18-49(30)39(52)21-10-11-21)50-19-32(47-48-50)40(2,3)4)51(37-23-14-29(37)45-17-23)38(26)27-13-22(7-6-12-44)33(35(43)36(27)46-20)25-8-5-9-28(41)34(25)42/h5,8-9,13,16,19,21,23-24,29-30,37,45H,6-7,10-11,14-15,17-18H2,1-4H3. The molecule has 5 atom stereocenters. The monoisotopic (exact) mass is 738 g/mol. The number of aryl methyl sites for hydroxylation is 2. The molecule has 3 aliphatic heterocycles. The van der Waals surface area contributed by atoms with Crippen molar-refractivity contribution in [2.24, 2.45) is 11.8 Å². The Morgan fingerprint density at radius 2 is 1.96 bits per heavy atom. The van der Waals surface area contributed by atoms with E-state index in [1.165, 1.54) is 0 Å². The van der Waals surface area contributed by atoms with Gasteiger partial charge >= 0.3 is 0 Å². The summed E-state index contributed by atoms with van der Waals surface area (Å²) in [5.41, 5.74) is 5.23. The van der Waals surface area contributed by atoms with Crippen molar-refractivity contribution in [1.29, 1.82) is 5.26 Å². The first-order valence-electron chi connectivity index (χ1n) is 18.4. The lowest BCUT2D eigenvalue weighted by atomic mass is 9.79. The molecule has 268 valence electrons. The number of aromatic nitrogens is 5. The number of carbonyl (C=O) groups excluding carboxylic acids is 1. The number of nitriles is 1. The number of nitrogens with one attached hydrogen (secondary N) is 1. The Morgan fingerprint density at radius 3 is 2.63 bits per heavy atom. The van der Waals surface area contributed by atoms with Crippen molar-refractivity contribution in [3.8, 4) is 17.2 Å². The summed E-state index contributed by atoms with van der Waals surface area (Å²) in [6, 6.07) is 11.9. The van der Waals surface area contributed by atoms with Gasteiger partial charge in [0, 0.05) is 76.4 Å². The van der Waals surface area contributed by atoms with Crippen LogP contribution in [0.25, 0.3) is 32.9 Å². The van der Waals surface area contributed by atoms with Crippen LogP contribution in [0.15, 0.2) is 36.5 Å². The molecule has 1 N–H and O–H groups in total. The fourth-order valence-electron chi connectivity index (χ4n) is 8.99. The Labute approximate surface area is 312 Å². The quantitative estimate of drug-likeness (QED) is 0.180. The zero-order chi connectivity index (χ0) is 36.2. The lowest BCUT2D eigenvalue weighted by Gasteiger charge is -2.39. The number of halogens is 3. The molecule has 2 saturated carbocycles. The van der Waals surface area contributed by atoms with Gasteiger partial charge < -0.3 is 14.8 Å². The highest BCUT2D eigenvalue weighted by Crippen LogP contribution is 2.52. The van der Waals surface area contributed by atoms with Crippen LogP contribution < -0.4 is 5.32 Å². The van der Waals surface area contributed by atoms with E-state index in [4.69, 9.17) is 28.2 Å². The number of hydrogen-bond donors (Lipinski definition) is 1. The molecule has 3 saturated heterocycles. The number of pyridine rings is 1. The van der Waals surface area contributed by atoms with E-state index < -0.39 is 5.82 Å². The zero-order valence-corrected chi connectivity index (χ0v) is 31.3. The van der Waals surface area contributed by atoms with Gasteiger partial charge in [-0.3, -0.25) is 4.79 Å². The van der Waals surface area contributed by atoms with Crippen molar-refractivity contribution in [3.05, 3.63) is 75.0 Å². The van der Waals surface area contributed by atoms with Crippen LogP contribution in [0.5, 0.6) is 0 Å². The average Bonchev–Trinajstić information content (AvgIpc) is 3.61. The molecule has 5 aliphatic rings. The first-order valence-corrected chi connectivity index (χ1v) is 19.1. The van der Waals surface area contributed by atoms with Gasteiger partial charge in [-0.25, -0.2) is 14.1 Å². The third-order valence-corrected chi connectivity index (χ3v) is 12.7. The maximum absolute atomic E-state index is 17.2. The predicted octanol–water partition coefficient (Wildman–Crippen LogP) is 8.41. The molecule has 6 heterocycles. The maximum atomic E-state index is 17.2. The normalized spacial score (nSPS) is 24.2. The molecule has 2 aliphatic carbocycles. The van der Waals surface area contributed by atoms with Crippen molar-refractivity contribution >= 4 is 50.9 Å². The molecular formula is C40H41Cl2FN8O. The first-order chi connectivity index (χ1) is 24.9. The van der Waals surface area contributed by atoms with E-state index in [2.05, 4.69) is 58.0 Å². The number of amides is 1. The van der Waals surface area contributed by atoms with Crippen LogP contribution >= 0.6 is 23.2 Å².